The van der Waals surface area contributed by atoms with E-state index in [1.54, 1.807) is 7.11 Å². The Labute approximate surface area is 135 Å². The fourth-order valence-corrected chi connectivity index (χ4v) is 2.15. The average Bonchev–Trinajstić information content (AvgIpc) is 2.56. The highest BCUT2D eigenvalue weighted by Gasteiger charge is 2.04. The topological polar surface area (TPSA) is 44.5 Å². The van der Waals surface area contributed by atoms with Crippen molar-refractivity contribution in [3.63, 3.8) is 0 Å². The van der Waals surface area contributed by atoms with Gasteiger partial charge < -0.3 is 15.2 Å². The molecule has 0 bridgehead atoms. The smallest absolute Gasteiger partial charge is 0.161 e. The molecule has 0 spiro atoms. The second-order valence-corrected chi connectivity index (χ2v) is 5.70. The predicted octanol–water partition coefficient (Wildman–Crippen LogP) is 4.70. The molecule has 1 aromatic carbocycles. The van der Waals surface area contributed by atoms with Crippen LogP contribution in [-0.2, 0) is 6.54 Å². The first-order valence-electron chi connectivity index (χ1n) is 8.37. The zero-order chi connectivity index (χ0) is 16.2. The van der Waals surface area contributed by atoms with Crippen LogP contribution < -0.4 is 15.2 Å². The summed E-state index contributed by atoms with van der Waals surface area (Å²) >= 11 is 0. The summed E-state index contributed by atoms with van der Waals surface area (Å²) in [5.74, 6) is 2.27. The van der Waals surface area contributed by atoms with Crippen LogP contribution in [0.4, 0.5) is 0 Å². The fraction of sp³-hybridized carbons (Fsp3) is 0.579. The summed E-state index contributed by atoms with van der Waals surface area (Å²) in [6, 6.07) is 5.86. The number of allylic oxidation sites excluding steroid dienone is 2. The van der Waals surface area contributed by atoms with Crippen LogP contribution >= 0.6 is 0 Å². The van der Waals surface area contributed by atoms with Gasteiger partial charge in [-0.05, 0) is 49.3 Å². The lowest BCUT2D eigenvalue weighted by Gasteiger charge is -2.11. The molecular weight excluding hydrogens is 274 g/mol. The Bertz CT molecular complexity index is 443. The molecular formula is C19H31NO2. The van der Waals surface area contributed by atoms with Crippen molar-refractivity contribution in [1.29, 1.82) is 0 Å². The van der Waals surface area contributed by atoms with Crippen molar-refractivity contribution in [1.82, 2.24) is 0 Å². The SMILES string of the molecule is CCC(C)C=CCCCCCOc1ccc(CN)cc1OC. The van der Waals surface area contributed by atoms with Crippen molar-refractivity contribution in [3.05, 3.63) is 35.9 Å². The molecule has 3 nitrogen and oxygen atoms in total. The summed E-state index contributed by atoms with van der Waals surface area (Å²) in [6.07, 6.45) is 10.5. The molecule has 0 saturated heterocycles. The molecule has 1 atom stereocenters. The Kier molecular flexibility index (Phi) is 9.40. The van der Waals surface area contributed by atoms with E-state index in [1.807, 2.05) is 18.2 Å². The van der Waals surface area contributed by atoms with Crippen LogP contribution in [0.2, 0.25) is 0 Å². The van der Waals surface area contributed by atoms with Crippen LogP contribution in [-0.4, -0.2) is 13.7 Å². The monoisotopic (exact) mass is 305 g/mol. The molecule has 1 unspecified atom stereocenters. The number of benzene rings is 1. The third kappa shape index (κ3) is 6.99. The zero-order valence-electron chi connectivity index (χ0n) is 14.3. The molecule has 1 aromatic rings. The largest absolute Gasteiger partial charge is 0.493 e. The van der Waals surface area contributed by atoms with Crippen molar-refractivity contribution in [2.75, 3.05) is 13.7 Å². The molecule has 0 amide bonds. The van der Waals surface area contributed by atoms with Crippen LogP contribution in [0, 0.1) is 5.92 Å². The molecule has 2 N–H and O–H groups in total. The Balaban J connectivity index is 2.21. The number of rotatable bonds is 11. The van der Waals surface area contributed by atoms with Crippen molar-refractivity contribution >= 4 is 0 Å². The zero-order valence-corrected chi connectivity index (χ0v) is 14.3. The summed E-state index contributed by atoms with van der Waals surface area (Å²) in [4.78, 5) is 0. The number of unbranched alkanes of at least 4 members (excludes halogenated alkanes) is 3. The summed E-state index contributed by atoms with van der Waals surface area (Å²) in [6.45, 7) is 5.72. The molecule has 1 rings (SSSR count). The van der Waals surface area contributed by atoms with Gasteiger partial charge in [0.2, 0.25) is 0 Å². The van der Waals surface area contributed by atoms with E-state index in [-0.39, 0.29) is 0 Å². The molecule has 0 saturated carbocycles. The van der Waals surface area contributed by atoms with E-state index in [2.05, 4.69) is 26.0 Å². The molecule has 22 heavy (non-hydrogen) atoms. The predicted molar refractivity (Wildman–Crippen MR) is 93.4 cm³/mol. The lowest BCUT2D eigenvalue weighted by molar-refractivity contribution is 0.285. The molecule has 0 radical (unpaired) electrons. The van der Waals surface area contributed by atoms with Gasteiger partial charge in [0, 0.05) is 6.54 Å². The molecule has 0 heterocycles. The Morgan fingerprint density at radius 2 is 2.00 bits per heavy atom. The van der Waals surface area contributed by atoms with Crippen LogP contribution in [0.1, 0.15) is 51.5 Å². The molecule has 0 aromatic heterocycles. The first kappa shape index (κ1) is 18.6. The van der Waals surface area contributed by atoms with Gasteiger partial charge in [-0.3, -0.25) is 0 Å². The number of hydrogen-bond donors (Lipinski definition) is 1. The molecule has 3 heteroatoms. The van der Waals surface area contributed by atoms with E-state index < -0.39 is 0 Å². The second kappa shape index (κ2) is 11.1. The minimum atomic E-state index is 0.515. The maximum atomic E-state index is 5.81. The van der Waals surface area contributed by atoms with Crippen LogP contribution in [0.15, 0.2) is 30.4 Å². The lowest BCUT2D eigenvalue weighted by atomic mass is 10.1. The van der Waals surface area contributed by atoms with Gasteiger partial charge in [-0.25, -0.2) is 0 Å². The highest BCUT2D eigenvalue weighted by Crippen LogP contribution is 2.28. The Morgan fingerprint density at radius 1 is 1.18 bits per heavy atom. The third-order valence-electron chi connectivity index (χ3n) is 3.84. The molecule has 0 aliphatic rings. The third-order valence-corrected chi connectivity index (χ3v) is 3.84. The summed E-state index contributed by atoms with van der Waals surface area (Å²) in [7, 11) is 1.66. The second-order valence-electron chi connectivity index (χ2n) is 5.70. The average molecular weight is 305 g/mol. The van der Waals surface area contributed by atoms with Crippen LogP contribution in [0.3, 0.4) is 0 Å². The number of methoxy groups -OCH3 is 1. The number of hydrogen-bond acceptors (Lipinski definition) is 3. The quantitative estimate of drug-likeness (QED) is 0.476. The van der Waals surface area contributed by atoms with Crippen LogP contribution in [0.25, 0.3) is 0 Å². The van der Waals surface area contributed by atoms with Gasteiger partial charge in [0.25, 0.3) is 0 Å². The highest BCUT2D eigenvalue weighted by atomic mass is 16.5. The minimum Gasteiger partial charge on any atom is -0.493 e. The minimum absolute atomic E-state index is 0.515. The van der Waals surface area contributed by atoms with E-state index in [0.29, 0.717) is 12.5 Å². The van der Waals surface area contributed by atoms with Gasteiger partial charge in [0.05, 0.1) is 13.7 Å². The van der Waals surface area contributed by atoms with Gasteiger partial charge in [0.1, 0.15) is 0 Å². The van der Waals surface area contributed by atoms with E-state index in [0.717, 1.165) is 30.1 Å². The van der Waals surface area contributed by atoms with Crippen molar-refractivity contribution < 1.29 is 9.47 Å². The van der Waals surface area contributed by atoms with E-state index >= 15 is 0 Å². The first-order chi connectivity index (χ1) is 10.7. The maximum Gasteiger partial charge on any atom is 0.161 e. The fourth-order valence-electron chi connectivity index (χ4n) is 2.15. The normalized spacial score (nSPS) is 12.5. The van der Waals surface area contributed by atoms with Crippen molar-refractivity contribution in [2.45, 2.75) is 52.5 Å². The van der Waals surface area contributed by atoms with Gasteiger partial charge in [-0.15, -0.1) is 0 Å². The molecule has 124 valence electrons. The van der Waals surface area contributed by atoms with Crippen LogP contribution in [0.5, 0.6) is 11.5 Å². The maximum absolute atomic E-state index is 5.81. The Morgan fingerprint density at radius 3 is 2.68 bits per heavy atom. The molecule has 0 aliphatic heterocycles. The van der Waals surface area contributed by atoms with Gasteiger partial charge in [0.15, 0.2) is 11.5 Å². The summed E-state index contributed by atoms with van der Waals surface area (Å²) in [5, 5.41) is 0. The Hall–Kier alpha value is -1.48. The van der Waals surface area contributed by atoms with Gasteiger partial charge in [-0.1, -0.05) is 38.5 Å². The summed E-state index contributed by atoms with van der Waals surface area (Å²) < 4.78 is 11.1. The molecule has 0 aliphatic carbocycles. The molecule has 0 fully saturated rings. The van der Waals surface area contributed by atoms with E-state index in [4.69, 9.17) is 15.2 Å². The van der Waals surface area contributed by atoms with Gasteiger partial charge in [-0.2, -0.15) is 0 Å². The summed E-state index contributed by atoms with van der Waals surface area (Å²) in [5.41, 5.74) is 6.68. The number of nitrogens with two attached hydrogens (primary N) is 1. The van der Waals surface area contributed by atoms with Crippen molar-refractivity contribution in [2.24, 2.45) is 11.7 Å². The van der Waals surface area contributed by atoms with Gasteiger partial charge >= 0.3 is 0 Å². The van der Waals surface area contributed by atoms with Crippen molar-refractivity contribution in [3.8, 4) is 11.5 Å². The standard InChI is InChI=1S/C19H31NO2/c1-4-16(2)10-8-6-5-7-9-13-22-18-12-11-17(15-20)14-19(18)21-3/h8,10-12,14,16H,4-7,9,13,15,20H2,1-3H3. The first-order valence-corrected chi connectivity index (χ1v) is 8.37. The van der Waals surface area contributed by atoms with E-state index in [1.165, 1.54) is 25.7 Å². The van der Waals surface area contributed by atoms with E-state index in [9.17, 15) is 0 Å². The highest BCUT2D eigenvalue weighted by molar-refractivity contribution is 5.42. The number of ether oxygens (including phenoxy) is 2. The lowest BCUT2D eigenvalue weighted by Crippen LogP contribution is -2.01.